The Morgan fingerprint density at radius 3 is 2.53 bits per heavy atom. The fourth-order valence-electron chi connectivity index (χ4n) is 1.94. The van der Waals surface area contributed by atoms with Crippen molar-refractivity contribution in [1.82, 2.24) is 9.97 Å². The van der Waals surface area contributed by atoms with Gasteiger partial charge in [0.2, 0.25) is 5.95 Å². The van der Waals surface area contributed by atoms with Crippen LogP contribution in [0.4, 0.5) is 19.1 Å². The second-order valence-corrected chi connectivity index (χ2v) is 4.23. The van der Waals surface area contributed by atoms with Gasteiger partial charge < -0.3 is 15.0 Å². The Bertz CT molecular complexity index is 369. The summed E-state index contributed by atoms with van der Waals surface area (Å²) < 4.78 is 37.1. The standard InChI is InChI=1S/C10H14F3N3O/c11-10(12,13)8-5-14-9(15-8)16-3-1-7(6-17)2-4-16/h5,7,17H,1-4,6H2,(H,14,15). The number of halogens is 3. The van der Waals surface area contributed by atoms with Crippen molar-refractivity contribution in [1.29, 1.82) is 0 Å². The first kappa shape index (κ1) is 12.2. The highest BCUT2D eigenvalue weighted by molar-refractivity contribution is 5.32. The van der Waals surface area contributed by atoms with Gasteiger partial charge in [0.15, 0.2) is 0 Å². The van der Waals surface area contributed by atoms with Crippen LogP contribution in [-0.4, -0.2) is 34.8 Å². The van der Waals surface area contributed by atoms with E-state index < -0.39 is 11.9 Å². The van der Waals surface area contributed by atoms with Gasteiger partial charge in [0, 0.05) is 19.7 Å². The lowest BCUT2D eigenvalue weighted by atomic mass is 9.98. The van der Waals surface area contributed by atoms with Crippen LogP contribution in [0.1, 0.15) is 18.5 Å². The molecule has 1 aliphatic heterocycles. The van der Waals surface area contributed by atoms with Crippen molar-refractivity contribution in [2.75, 3.05) is 24.6 Å². The van der Waals surface area contributed by atoms with Crippen LogP contribution in [-0.2, 0) is 6.18 Å². The van der Waals surface area contributed by atoms with Crippen LogP contribution >= 0.6 is 0 Å². The molecule has 0 unspecified atom stereocenters. The molecule has 1 fully saturated rings. The molecule has 1 aliphatic rings. The summed E-state index contributed by atoms with van der Waals surface area (Å²) in [6.07, 6.45) is -2.01. The minimum absolute atomic E-state index is 0.139. The van der Waals surface area contributed by atoms with E-state index in [9.17, 15) is 13.2 Å². The van der Waals surface area contributed by atoms with Crippen LogP contribution < -0.4 is 4.90 Å². The summed E-state index contributed by atoms with van der Waals surface area (Å²) in [6, 6.07) is 0. The summed E-state index contributed by atoms with van der Waals surface area (Å²) in [7, 11) is 0. The zero-order chi connectivity index (χ0) is 12.5. The first-order valence-corrected chi connectivity index (χ1v) is 5.48. The van der Waals surface area contributed by atoms with Gasteiger partial charge in [0.1, 0.15) is 5.69 Å². The highest BCUT2D eigenvalue weighted by Crippen LogP contribution is 2.29. The van der Waals surface area contributed by atoms with Crippen LogP contribution in [0.25, 0.3) is 0 Å². The normalized spacial score (nSPS) is 18.7. The topological polar surface area (TPSA) is 52.1 Å². The predicted molar refractivity (Wildman–Crippen MR) is 55.6 cm³/mol. The number of nitrogens with one attached hydrogen (secondary N) is 1. The summed E-state index contributed by atoms with van der Waals surface area (Å²) in [4.78, 5) is 7.81. The summed E-state index contributed by atoms with van der Waals surface area (Å²) in [5, 5.41) is 8.97. The van der Waals surface area contributed by atoms with Gasteiger partial charge in [0.05, 0.1) is 6.20 Å². The van der Waals surface area contributed by atoms with Crippen LogP contribution in [0.15, 0.2) is 6.20 Å². The number of H-pyrrole nitrogens is 1. The molecule has 0 spiro atoms. The number of aliphatic hydroxyl groups excluding tert-OH is 1. The number of aliphatic hydroxyl groups is 1. The largest absolute Gasteiger partial charge is 0.432 e. The van der Waals surface area contributed by atoms with Crippen LogP contribution in [0.5, 0.6) is 0 Å². The maximum atomic E-state index is 12.4. The first-order valence-electron chi connectivity index (χ1n) is 5.48. The maximum Gasteiger partial charge on any atom is 0.432 e. The fourth-order valence-corrected chi connectivity index (χ4v) is 1.94. The third kappa shape index (κ3) is 2.71. The van der Waals surface area contributed by atoms with Gasteiger partial charge in [-0.25, -0.2) is 4.98 Å². The van der Waals surface area contributed by atoms with Crippen molar-refractivity contribution in [2.45, 2.75) is 19.0 Å². The molecular weight excluding hydrogens is 235 g/mol. The van der Waals surface area contributed by atoms with Crippen molar-refractivity contribution in [3.8, 4) is 0 Å². The molecule has 0 aliphatic carbocycles. The highest BCUT2D eigenvalue weighted by Gasteiger charge is 2.33. The molecule has 0 bridgehead atoms. The molecule has 4 nitrogen and oxygen atoms in total. The van der Waals surface area contributed by atoms with Crippen LogP contribution in [0.3, 0.4) is 0 Å². The van der Waals surface area contributed by atoms with Crippen molar-refractivity contribution < 1.29 is 18.3 Å². The van der Waals surface area contributed by atoms with E-state index in [2.05, 4.69) is 9.97 Å². The number of piperidine rings is 1. The Morgan fingerprint density at radius 2 is 2.06 bits per heavy atom. The molecule has 0 radical (unpaired) electrons. The van der Waals surface area contributed by atoms with E-state index in [0.29, 0.717) is 13.1 Å². The van der Waals surface area contributed by atoms with Crippen molar-refractivity contribution in [3.63, 3.8) is 0 Å². The van der Waals surface area contributed by atoms with E-state index in [1.165, 1.54) is 0 Å². The van der Waals surface area contributed by atoms with Gasteiger partial charge in [-0.3, -0.25) is 0 Å². The number of aromatic nitrogens is 2. The third-order valence-electron chi connectivity index (χ3n) is 3.04. The number of rotatable bonds is 2. The lowest BCUT2D eigenvalue weighted by Crippen LogP contribution is -2.35. The average molecular weight is 249 g/mol. The van der Waals surface area contributed by atoms with Crippen molar-refractivity contribution in [2.24, 2.45) is 5.92 Å². The van der Waals surface area contributed by atoms with Gasteiger partial charge in [-0.05, 0) is 18.8 Å². The molecule has 1 saturated heterocycles. The summed E-state index contributed by atoms with van der Waals surface area (Å²) in [6.45, 7) is 1.38. The number of aromatic amines is 1. The summed E-state index contributed by atoms with van der Waals surface area (Å²) in [5.41, 5.74) is -0.822. The van der Waals surface area contributed by atoms with E-state index >= 15 is 0 Å². The highest BCUT2D eigenvalue weighted by atomic mass is 19.4. The average Bonchev–Trinajstić information content (AvgIpc) is 2.78. The zero-order valence-electron chi connectivity index (χ0n) is 9.17. The van der Waals surface area contributed by atoms with E-state index in [1.807, 2.05) is 0 Å². The summed E-state index contributed by atoms with van der Waals surface area (Å²) >= 11 is 0. The van der Waals surface area contributed by atoms with Gasteiger partial charge in [-0.2, -0.15) is 13.2 Å². The quantitative estimate of drug-likeness (QED) is 0.837. The summed E-state index contributed by atoms with van der Waals surface area (Å²) in [5.74, 6) is 0.511. The monoisotopic (exact) mass is 249 g/mol. The number of imidazole rings is 1. The van der Waals surface area contributed by atoms with Crippen LogP contribution in [0, 0.1) is 5.92 Å². The molecular formula is C10H14F3N3O. The molecule has 96 valence electrons. The number of alkyl halides is 3. The molecule has 0 atom stereocenters. The first-order chi connectivity index (χ1) is 8.00. The zero-order valence-corrected chi connectivity index (χ0v) is 9.17. The molecule has 2 rings (SSSR count). The molecule has 2 heterocycles. The SMILES string of the molecule is OCC1CCN(c2ncc(C(F)(F)F)[nH]2)CC1. The number of hydrogen-bond acceptors (Lipinski definition) is 3. The van der Waals surface area contributed by atoms with Gasteiger partial charge in [-0.1, -0.05) is 0 Å². The smallest absolute Gasteiger partial charge is 0.396 e. The Morgan fingerprint density at radius 1 is 1.41 bits per heavy atom. The molecule has 0 aromatic carbocycles. The number of anilines is 1. The Labute approximate surface area is 96.5 Å². The van der Waals surface area contributed by atoms with E-state index in [4.69, 9.17) is 5.11 Å². The Balaban J connectivity index is 2.02. The molecule has 0 amide bonds. The molecule has 1 aromatic rings. The minimum atomic E-state index is -4.38. The second-order valence-electron chi connectivity index (χ2n) is 4.23. The molecule has 7 heteroatoms. The lowest BCUT2D eigenvalue weighted by molar-refractivity contribution is -0.140. The molecule has 2 N–H and O–H groups in total. The van der Waals surface area contributed by atoms with E-state index in [0.717, 1.165) is 19.0 Å². The predicted octanol–water partition coefficient (Wildman–Crippen LogP) is 1.64. The Hall–Kier alpha value is -1.24. The molecule has 1 aromatic heterocycles. The molecule has 0 saturated carbocycles. The van der Waals surface area contributed by atoms with Crippen molar-refractivity contribution in [3.05, 3.63) is 11.9 Å². The number of hydrogen-bond donors (Lipinski definition) is 2. The van der Waals surface area contributed by atoms with E-state index in [1.54, 1.807) is 4.90 Å². The van der Waals surface area contributed by atoms with Gasteiger partial charge in [0.25, 0.3) is 0 Å². The van der Waals surface area contributed by atoms with Crippen molar-refractivity contribution >= 4 is 5.95 Å². The number of nitrogens with zero attached hydrogens (tertiary/aromatic N) is 2. The molecule has 17 heavy (non-hydrogen) atoms. The van der Waals surface area contributed by atoms with Gasteiger partial charge in [-0.15, -0.1) is 0 Å². The minimum Gasteiger partial charge on any atom is -0.396 e. The Kier molecular flexibility index (Phi) is 3.28. The fraction of sp³-hybridized carbons (Fsp3) is 0.700. The van der Waals surface area contributed by atoms with Crippen LogP contribution in [0.2, 0.25) is 0 Å². The third-order valence-corrected chi connectivity index (χ3v) is 3.04. The lowest BCUT2D eigenvalue weighted by Gasteiger charge is -2.30. The second kappa shape index (κ2) is 4.56. The maximum absolute atomic E-state index is 12.4. The van der Waals surface area contributed by atoms with E-state index in [-0.39, 0.29) is 18.5 Å². The van der Waals surface area contributed by atoms with Gasteiger partial charge >= 0.3 is 6.18 Å².